The predicted octanol–water partition coefficient (Wildman–Crippen LogP) is 3.46. The van der Waals surface area contributed by atoms with Crippen molar-refractivity contribution in [2.75, 3.05) is 24.7 Å². The van der Waals surface area contributed by atoms with Crippen LogP contribution < -0.4 is 10.6 Å². The van der Waals surface area contributed by atoms with Gasteiger partial charge in [-0.2, -0.15) is 0 Å². The van der Waals surface area contributed by atoms with E-state index in [2.05, 4.69) is 10.6 Å². The average Bonchev–Trinajstić information content (AvgIpc) is 2.61. The minimum Gasteiger partial charge on any atom is -0.478 e. The van der Waals surface area contributed by atoms with Gasteiger partial charge in [0, 0.05) is 31.0 Å². The van der Waals surface area contributed by atoms with Crippen molar-refractivity contribution in [1.29, 1.82) is 0 Å². The van der Waals surface area contributed by atoms with Gasteiger partial charge in [-0.25, -0.2) is 4.79 Å². The highest BCUT2D eigenvalue weighted by atomic mass is 16.4. The van der Waals surface area contributed by atoms with Crippen LogP contribution in [0.25, 0.3) is 0 Å². The van der Waals surface area contributed by atoms with E-state index in [-0.39, 0.29) is 0 Å². The summed E-state index contributed by atoms with van der Waals surface area (Å²) in [4.78, 5) is 22.2. The molecule has 0 saturated carbocycles. The van der Waals surface area contributed by atoms with Crippen molar-refractivity contribution >= 4 is 23.6 Å². The number of hydrogen-bond donors (Lipinski definition) is 3. The van der Waals surface area contributed by atoms with Crippen molar-refractivity contribution in [2.24, 2.45) is 0 Å². The van der Waals surface area contributed by atoms with E-state index in [4.69, 9.17) is 0 Å². The summed E-state index contributed by atoms with van der Waals surface area (Å²) in [7, 11) is 3.51. The Bertz CT molecular complexity index is 741. The zero-order valence-corrected chi connectivity index (χ0v) is 13.9. The molecule has 2 rings (SSSR count). The third kappa shape index (κ3) is 4.13. The molecule has 0 unspecified atom stereocenters. The molecule has 0 aromatic heterocycles. The van der Waals surface area contributed by atoms with E-state index >= 15 is 0 Å². The molecule has 126 valence electrons. The van der Waals surface area contributed by atoms with Gasteiger partial charge in [0.05, 0.1) is 5.56 Å². The maximum absolute atomic E-state index is 11.3. The van der Waals surface area contributed by atoms with Crippen molar-refractivity contribution in [3.8, 4) is 0 Å². The Morgan fingerprint density at radius 1 is 1.00 bits per heavy atom. The number of carboxylic acids is 1. The molecule has 0 fully saturated rings. The third-order valence-corrected chi connectivity index (χ3v) is 4.03. The van der Waals surface area contributed by atoms with Gasteiger partial charge in [0.25, 0.3) is 0 Å². The lowest BCUT2D eigenvalue weighted by Gasteiger charge is -2.10. The Morgan fingerprint density at radius 2 is 1.62 bits per heavy atom. The molecule has 2 aromatic rings. The van der Waals surface area contributed by atoms with Crippen LogP contribution in [-0.2, 0) is 12.8 Å². The molecule has 0 aliphatic heterocycles. The minimum absolute atomic E-state index is 0.294. The molecule has 0 saturated heterocycles. The Labute approximate surface area is 141 Å². The van der Waals surface area contributed by atoms with Gasteiger partial charge in [0.1, 0.15) is 0 Å². The number of aromatic carboxylic acids is 1. The molecule has 2 aromatic carbocycles. The van der Waals surface area contributed by atoms with Crippen LogP contribution in [0.15, 0.2) is 36.4 Å². The second kappa shape index (κ2) is 8.15. The Kier molecular flexibility index (Phi) is 5.95. The molecule has 0 amide bonds. The van der Waals surface area contributed by atoms with Gasteiger partial charge in [0.15, 0.2) is 6.29 Å². The van der Waals surface area contributed by atoms with Gasteiger partial charge in [0.2, 0.25) is 0 Å². The van der Waals surface area contributed by atoms with E-state index in [1.807, 2.05) is 24.3 Å². The number of anilines is 2. The number of carboxylic acid groups (broad SMARTS) is 1. The zero-order valence-electron chi connectivity index (χ0n) is 13.9. The fourth-order valence-corrected chi connectivity index (χ4v) is 2.72. The zero-order chi connectivity index (χ0) is 17.5. The topological polar surface area (TPSA) is 78.4 Å². The first-order valence-electron chi connectivity index (χ1n) is 7.89. The van der Waals surface area contributed by atoms with Crippen LogP contribution in [0.5, 0.6) is 0 Å². The van der Waals surface area contributed by atoms with Crippen LogP contribution in [0, 0.1) is 0 Å². The first kappa shape index (κ1) is 17.5. The van der Waals surface area contributed by atoms with Crippen LogP contribution in [0.1, 0.15) is 38.3 Å². The lowest BCUT2D eigenvalue weighted by Crippen LogP contribution is -2.04. The van der Waals surface area contributed by atoms with Gasteiger partial charge in [-0.3, -0.25) is 4.79 Å². The first-order chi connectivity index (χ1) is 11.6. The number of benzene rings is 2. The van der Waals surface area contributed by atoms with Crippen LogP contribution in [0.2, 0.25) is 0 Å². The van der Waals surface area contributed by atoms with Crippen molar-refractivity contribution in [3.63, 3.8) is 0 Å². The van der Waals surface area contributed by atoms with E-state index < -0.39 is 5.97 Å². The van der Waals surface area contributed by atoms with E-state index in [0.717, 1.165) is 42.4 Å². The summed E-state index contributed by atoms with van der Waals surface area (Å²) in [6.45, 7) is 0. The molecule has 0 radical (unpaired) electrons. The molecule has 0 aliphatic rings. The number of hydrogen-bond acceptors (Lipinski definition) is 4. The second-order valence-corrected chi connectivity index (χ2v) is 5.58. The summed E-state index contributed by atoms with van der Waals surface area (Å²) in [5.74, 6) is -0.927. The van der Waals surface area contributed by atoms with Crippen molar-refractivity contribution in [2.45, 2.75) is 19.3 Å². The number of nitrogens with one attached hydrogen (secondary N) is 2. The fourth-order valence-electron chi connectivity index (χ4n) is 2.72. The van der Waals surface area contributed by atoms with Gasteiger partial charge in [-0.1, -0.05) is 12.1 Å². The van der Waals surface area contributed by atoms with E-state index in [9.17, 15) is 14.7 Å². The summed E-state index contributed by atoms with van der Waals surface area (Å²) in [6.07, 6.45) is 3.41. The van der Waals surface area contributed by atoms with Gasteiger partial charge in [-0.15, -0.1) is 0 Å². The molecule has 0 aliphatic carbocycles. The molecule has 3 N–H and O–H groups in total. The smallest absolute Gasteiger partial charge is 0.337 e. The number of carbonyl (C=O) groups is 2. The van der Waals surface area contributed by atoms with Crippen molar-refractivity contribution in [3.05, 3.63) is 58.7 Å². The molecule has 5 nitrogen and oxygen atoms in total. The van der Waals surface area contributed by atoms with Gasteiger partial charge >= 0.3 is 5.97 Å². The van der Waals surface area contributed by atoms with Crippen LogP contribution in [-0.4, -0.2) is 31.5 Å². The average molecular weight is 326 g/mol. The highest BCUT2D eigenvalue weighted by Gasteiger charge is 2.10. The summed E-state index contributed by atoms with van der Waals surface area (Å²) in [5, 5.41) is 15.2. The number of rotatable bonds is 8. The molecule has 0 bridgehead atoms. The van der Waals surface area contributed by atoms with Crippen LogP contribution >= 0.6 is 0 Å². The number of aldehydes is 1. The van der Waals surface area contributed by atoms with E-state index in [1.165, 1.54) is 0 Å². The van der Waals surface area contributed by atoms with Crippen LogP contribution in [0.3, 0.4) is 0 Å². The molecular weight excluding hydrogens is 304 g/mol. The van der Waals surface area contributed by atoms with Crippen molar-refractivity contribution < 1.29 is 14.7 Å². The van der Waals surface area contributed by atoms with Gasteiger partial charge < -0.3 is 15.7 Å². The standard InChI is InChI=1S/C19H22N2O3/c1-20-17-9-7-13(10-16(17)19(23)24)4-3-5-14-6-8-15(12-22)18(11-14)21-2/h6-12,20-21H,3-5H2,1-2H3,(H,23,24). The minimum atomic E-state index is -0.927. The summed E-state index contributed by atoms with van der Waals surface area (Å²) < 4.78 is 0. The molecule has 24 heavy (non-hydrogen) atoms. The Morgan fingerprint density at radius 3 is 2.21 bits per heavy atom. The first-order valence-corrected chi connectivity index (χ1v) is 7.89. The van der Waals surface area contributed by atoms with Gasteiger partial charge in [-0.05, 0) is 54.7 Å². The maximum atomic E-state index is 11.3. The highest BCUT2D eigenvalue weighted by molar-refractivity contribution is 5.94. The summed E-state index contributed by atoms with van der Waals surface area (Å²) in [6, 6.07) is 11.2. The van der Waals surface area contributed by atoms with Crippen LogP contribution in [0.4, 0.5) is 11.4 Å². The largest absolute Gasteiger partial charge is 0.478 e. The quantitative estimate of drug-likeness (QED) is 0.648. The molecular formula is C19H22N2O3. The summed E-state index contributed by atoms with van der Waals surface area (Å²) >= 11 is 0. The number of aryl methyl sites for hydroxylation is 2. The second-order valence-electron chi connectivity index (χ2n) is 5.58. The Hall–Kier alpha value is -2.82. The van der Waals surface area contributed by atoms with E-state index in [0.29, 0.717) is 16.8 Å². The third-order valence-electron chi connectivity index (χ3n) is 4.03. The van der Waals surface area contributed by atoms with Crippen molar-refractivity contribution in [1.82, 2.24) is 0 Å². The predicted molar refractivity (Wildman–Crippen MR) is 96.3 cm³/mol. The molecule has 0 spiro atoms. The highest BCUT2D eigenvalue weighted by Crippen LogP contribution is 2.20. The lowest BCUT2D eigenvalue weighted by molar-refractivity contribution is 0.0697. The SMILES string of the molecule is CNc1cc(CCCc2ccc(NC)c(C(=O)O)c2)ccc1C=O. The molecule has 0 atom stereocenters. The maximum Gasteiger partial charge on any atom is 0.337 e. The monoisotopic (exact) mass is 326 g/mol. The normalized spacial score (nSPS) is 10.2. The fraction of sp³-hybridized carbons (Fsp3) is 0.263. The molecule has 5 heteroatoms. The summed E-state index contributed by atoms with van der Waals surface area (Å²) in [5.41, 5.74) is 4.54. The Balaban J connectivity index is 2.03. The van der Waals surface area contributed by atoms with E-state index in [1.54, 1.807) is 26.2 Å². The number of carbonyl (C=O) groups excluding carboxylic acids is 1. The lowest BCUT2D eigenvalue weighted by atomic mass is 10.0. The molecule has 0 heterocycles.